The molecule has 0 aromatic heterocycles. The summed E-state index contributed by atoms with van der Waals surface area (Å²) >= 11 is 5.74. The van der Waals surface area contributed by atoms with E-state index >= 15 is 0 Å². The minimum Gasteiger partial charge on any atom is -0.302 e. The molecule has 0 spiro atoms. The van der Waals surface area contributed by atoms with Crippen LogP contribution in [0.3, 0.4) is 0 Å². The summed E-state index contributed by atoms with van der Waals surface area (Å²) in [6.45, 7) is 3.80. The lowest BCUT2D eigenvalue weighted by molar-refractivity contribution is 0.289. The van der Waals surface area contributed by atoms with E-state index in [2.05, 4.69) is 11.8 Å². The molecule has 0 aliphatic heterocycles. The van der Waals surface area contributed by atoms with Gasteiger partial charge in [0.2, 0.25) is 0 Å². The molecule has 1 nitrogen and oxygen atoms in total. The minimum absolute atomic E-state index is 0.175. The Morgan fingerprint density at radius 1 is 1.47 bits per heavy atom. The zero-order chi connectivity index (χ0) is 11.3. The summed E-state index contributed by atoms with van der Waals surface area (Å²) in [4.78, 5) is 2.15. The number of halogens is 2. The summed E-state index contributed by atoms with van der Waals surface area (Å²) in [6, 6.07) is 6.71. The maximum Gasteiger partial charge on any atom is 0.123 e. The molecule has 1 aromatic carbocycles. The second-order valence-corrected chi connectivity index (χ2v) is 4.39. The first-order valence-corrected chi connectivity index (χ1v) is 5.64. The van der Waals surface area contributed by atoms with Crippen LogP contribution in [0.4, 0.5) is 4.39 Å². The third-order valence-corrected chi connectivity index (χ3v) is 2.76. The summed E-state index contributed by atoms with van der Waals surface area (Å²) in [5, 5.41) is 0. The van der Waals surface area contributed by atoms with E-state index in [0.717, 1.165) is 18.7 Å². The Hall–Kier alpha value is -0.600. The monoisotopic (exact) mass is 229 g/mol. The highest BCUT2D eigenvalue weighted by Gasteiger charge is 2.06. The van der Waals surface area contributed by atoms with E-state index in [1.807, 2.05) is 13.1 Å². The molecule has 0 amide bonds. The van der Waals surface area contributed by atoms with Crippen LogP contribution in [0.25, 0.3) is 0 Å². The van der Waals surface area contributed by atoms with E-state index in [0.29, 0.717) is 11.8 Å². The Morgan fingerprint density at radius 3 is 2.80 bits per heavy atom. The van der Waals surface area contributed by atoms with Gasteiger partial charge in [-0.15, -0.1) is 11.6 Å². The number of hydrogen-bond acceptors (Lipinski definition) is 1. The van der Waals surface area contributed by atoms with E-state index in [1.165, 1.54) is 6.07 Å². The lowest BCUT2D eigenvalue weighted by Crippen LogP contribution is -2.24. The molecular formula is C12H17ClFN. The van der Waals surface area contributed by atoms with Crippen molar-refractivity contribution in [3.05, 3.63) is 35.6 Å². The first kappa shape index (κ1) is 12.5. The van der Waals surface area contributed by atoms with Gasteiger partial charge in [-0.05, 0) is 30.7 Å². The number of nitrogens with zero attached hydrogens (tertiary/aromatic N) is 1. The van der Waals surface area contributed by atoms with Gasteiger partial charge in [0.15, 0.2) is 0 Å². The Morgan fingerprint density at radius 2 is 2.20 bits per heavy atom. The fraction of sp³-hybridized carbons (Fsp3) is 0.500. The van der Waals surface area contributed by atoms with Crippen molar-refractivity contribution < 1.29 is 4.39 Å². The zero-order valence-electron chi connectivity index (χ0n) is 9.21. The summed E-state index contributed by atoms with van der Waals surface area (Å²) < 4.78 is 12.9. The van der Waals surface area contributed by atoms with E-state index in [-0.39, 0.29) is 5.82 Å². The lowest BCUT2D eigenvalue weighted by Gasteiger charge is -2.19. The second kappa shape index (κ2) is 6.09. The number of hydrogen-bond donors (Lipinski definition) is 0. The maximum atomic E-state index is 12.9. The predicted octanol–water partition coefficient (Wildman–Crippen LogP) is 3.13. The average molecular weight is 230 g/mol. The van der Waals surface area contributed by atoms with Gasteiger partial charge >= 0.3 is 0 Å². The molecule has 0 aliphatic carbocycles. The van der Waals surface area contributed by atoms with E-state index < -0.39 is 0 Å². The molecule has 84 valence electrons. The van der Waals surface area contributed by atoms with Crippen LogP contribution in [-0.2, 0) is 6.54 Å². The molecule has 0 aliphatic rings. The highest BCUT2D eigenvalue weighted by Crippen LogP contribution is 2.08. The molecule has 1 unspecified atom stereocenters. The van der Waals surface area contributed by atoms with Crippen LogP contribution >= 0.6 is 11.6 Å². The molecule has 3 heteroatoms. The standard InChI is InChI=1S/C12H17ClFN/c1-10(7-13)8-15(2)9-11-4-3-5-12(14)6-11/h3-6,10H,7-9H2,1-2H3. The van der Waals surface area contributed by atoms with Crippen LogP contribution in [0.1, 0.15) is 12.5 Å². The molecule has 0 radical (unpaired) electrons. The Bertz CT molecular complexity index is 303. The van der Waals surface area contributed by atoms with Gasteiger partial charge < -0.3 is 4.90 Å². The van der Waals surface area contributed by atoms with Gasteiger partial charge in [-0.25, -0.2) is 4.39 Å². The van der Waals surface area contributed by atoms with E-state index in [4.69, 9.17) is 11.6 Å². The van der Waals surface area contributed by atoms with E-state index in [9.17, 15) is 4.39 Å². The van der Waals surface area contributed by atoms with Crippen LogP contribution in [0.5, 0.6) is 0 Å². The van der Waals surface area contributed by atoms with Crippen LogP contribution in [-0.4, -0.2) is 24.4 Å². The largest absolute Gasteiger partial charge is 0.302 e. The predicted molar refractivity (Wildman–Crippen MR) is 62.6 cm³/mol. The molecule has 0 saturated carbocycles. The van der Waals surface area contributed by atoms with Crippen molar-refractivity contribution in [3.63, 3.8) is 0 Å². The fourth-order valence-corrected chi connectivity index (χ4v) is 1.69. The van der Waals surface area contributed by atoms with Crippen molar-refractivity contribution in [2.24, 2.45) is 5.92 Å². The van der Waals surface area contributed by atoms with Crippen LogP contribution < -0.4 is 0 Å². The van der Waals surface area contributed by atoms with Gasteiger partial charge in [0.1, 0.15) is 5.82 Å². The molecule has 0 N–H and O–H groups in total. The van der Waals surface area contributed by atoms with Crippen molar-refractivity contribution in [2.75, 3.05) is 19.5 Å². The summed E-state index contributed by atoms with van der Waals surface area (Å²) in [6.07, 6.45) is 0. The topological polar surface area (TPSA) is 3.24 Å². The van der Waals surface area contributed by atoms with Gasteiger partial charge in [0.25, 0.3) is 0 Å². The molecule has 0 fully saturated rings. The molecule has 1 atom stereocenters. The Labute approximate surface area is 95.8 Å². The van der Waals surface area contributed by atoms with Crippen molar-refractivity contribution >= 4 is 11.6 Å². The quantitative estimate of drug-likeness (QED) is 0.702. The zero-order valence-corrected chi connectivity index (χ0v) is 9.97. The summed E-state index contributed by atoms with van der Waals surface area (Å²) in [7, 11) is 2.02. The van der Waals surface area contributed by atoms with Crippen LogP contribution in [0.15, 0.2) is 24.3 Å². The van der Waals surface area contributed by atoms with Gasteiger partial charge in [0, 0.05) is 19.0 Å². The molecule has 0 saturated heterocycles. The Kier molecular flexibility index (Phi) is 5.06. The third kappa shape index (κ3) is 4.63. The molecule has 1 rings (SSSR count). The van der Waals surface area contributed by atoms with Crippen molar-refractivity contribution in [1.82, 2.24) is 4.90 Å². The van der Waals surface area contributed by atoms with Gasteiger partial charge in [-0.1, -0.05) is 19.1 Å². The highest BCUT2D eigenvalue weighted by atomic mass is 35.5. The highest BCUT2D eigenvalue weighted by molar-refractivity contribution is 6.18. The van der Waals surface area contributed by atoms with Crippen molar-refractivity contribution in [1.29, 1.82) is 0 Å². The summed E-state index contributed by atoms with van der Waals surface area (Å²) in [5.74, 6) is 0.949. The van der Waals surface area contributed by atoms with Gasteiger partial charge in [-0.3, -0.25) is 0 Å². The van der Waals surface area contributed by atoms with Gasteiger partial charge in [0.05, 0.1) is 0 Å². The third-order valence-electron chi connectivity index (χ3n) is 2.23. The Balaban J connectivity index is 2.47. The minimum atomic E-state index is -0.175. The molecule has 0 bridgehead atoms. The number of benzene rings is 1. The lowest BCUT2D eigenvalue weighted by atomic mass is 10.1. The van der Waals surface area contributed by atoms with Crippen LogP contribution in [0.2, 0.25) is 0 Å². The van der Waals surface area contributed by atoms with E-state index in [1.54, 1.807) is 12.1 Å². The van der Waals surface area contributed by atoms with Crippen LogP contribution in [0, 0.1) is 11.7 Å². The molecular weight excluding hydrogens is 213 g/mol. The molecule has 15 heavy (non-hydrogen) atoms. The SMILES string of the molecule is CC(CCl)CN(C)Cc1cccc(F)c1. The normalized spacial score (nSPS) is 13.1. The van der Waals surface area contributed by atoms with Crippen molar-refractivity contribution in [2.45, 2.75) is 13.5 Å². The first-order chi connectivity index (χ1) is 7.11. The smallest absolute Gasteiger partial charge is 0.123 e. The molecule has 1 aromatic rings. The van der Waals surface area contributed by atoms with Gasteiger partial charge in [-0.2, -0.15) is 0 Å². The number of alkyl halides is 1. The van der Waals surface area contributed by atoms with Crippen molar-refractivity contribution in [3.8, 4) is 0 Å². The summed E-state index contributed by atoms with van der Waals surface area (Å²) in [5.41, 5.74) is 0.999. The second-order valence-electron chi connectivity index (χ2n) is 4.09. The molecule has 0 heterocycles. The fourth-order valence-electron chi connectivity index (χ4n) is 1.59. The first-order valence-electron chi connectivity index (χ1n) is 5.10. The number of rotatable bonds is 5. The average Bonchev–Trinajstić information content (AvgIpc) is 2.17. The maximum absolute atomic E-state index is 12.9.